The highest BCUT2D eigenvalue weighted by atomic mass is 19.1. The largest absolute Gasteiger partial charge is 0.396 e. The van der Waals surface area contributed by atoms with E-state index in [0.29, 0.717) is 35.9 Å². The van der Waals surface area contributed by atoms with Crippen LogP contribution in [0, 0.1) is 11.7 Å². The summed E-state index contributed by atoms with van der Waals surface area (Å²) in [7, 11) is 0. The van der Waals surface area contributed by atoms with Crippen molar-refractivity contribution in [2.75, 3.05) is 12.3 Å². The standard InChI is InChI=1S/C16H22FN3O2/c1-2-4-14(22)10(9-21)7-8-13-15-11(17)5-3-6-12(15)19-16(18)20-13/h3,5-6,10,14,21-22H,2,4,7-9H2,1H3,(H2,18,19,20)/t10-,14-/m1/s1. The number of fused-ring (bicyclic) bond motifs is 1. The fourth-order valence-corrected chi connectivity index (χ4v) is 2.67. The maximum atomic E-state index is 14.0. The van der Waals surface area contributed by atoms with Crippen molar-refractivity contribution in [3.05, 3.63) is 29.7 Å². The Kier molecular flexibility index (Phi) is 5.63. The van der Waals surface area contributed by atoms with Crippen molar-refractivity contribution in [1.82, 2.24) is 9.97 Å². The van der Waals surface area contributed by atoms with Gasteiger partial charge in [-0.05, 0) is 31.4 Å². The number of hydrogen-bond donors (Lipinski definition) is 3. The van der Waals surface area contributed by atoms with Crippen LogP contribution in [-0.4, -0.2) is 32.9 Å². The molecule has 0 radical (unpaired) electrons. The number of aliphatic hydroxyl groups excluding tert-OH is 2. The number of anilines is 1. The van der Waals surface area contributed by atoms with Gasteiger partial charge in [-0.3, -0.25) is 0 Å². The SMILES string of the molecule is CCC[C@@H](O)[C@@H](CO)CCc1nc(N)nc2cccc(F)c12. The zero-order chi connectivity index (χ0) is 16.1. The number of nitrogens with two attached hydrogens (primary N) is 1. The second kappa shape index (κ2) is 7.47. The van der Waals surface area contributed by atoms with Crippen LogP contribution < -0.4 is 5.73 Å². The molecule has 0 saturated carbocycles. The molecule has 6 heteroatoms. The number of aromatic nitrogens is 2. The van der Waals surface area contributed by atoms with Crippen LogP contribution in [0.3, 0.4) is 0 Å². The van der Waals surface area contributed by atoms with E-state index in [1.807, 2.05) is 6.92 Å². The normalized spacial score (nSPS) is 14.2. The van der Waals surface area contributed by atoms with Crippen molar-refractivity contribution in [2.24, 2.45) is 5.92 Å². The topological polar surface area (TPSA) is 92.3 Å². The second-order valence-electron chi connectivity index (χ2n) is 5.50. The van der Waals surface area contributed by atoms with E-state index in [1.165, 1.54) is 6.07 Å². The van der Waals surface area contributed by atoms with Crippen molar-refractivity contribution < 1.29 is 14.6 Å². The highest BCUT2D eigenvalue weighted by molar-refractivity contribution is 5.82. The van der Waals surface area contributed by atoms with Gasteiger partial charge in [-0.2, -0.15) is 0 Å². The molecule has 0 fully saturated rings. The predicted molar refractivity (Wildman–Crippen MR) is 83.7 cm³/mol. The average molecular weight is 307 g/mol. The van der Waals surface area contributed by atoms with Crippen LogP contribution in [0.2, 0.25) is 0 Å². The first-order chi connectivity index (χ1) is 10.6. The van der Waals surface area contributed by atoms with Gasteiger partial charge in [-0.25, -0.2) is 14.4 Å². The minimum Gasteiger partial charge on any atom is -0.396 e. The van der Waals surface area contributed by atoms with Gasteiger partial charge < -0.3 is 15.9 Å². The summed E-state index contributed by atoms with van der Waals surface area (Å²) in [5.41, 5.74) is 6.66. The van der Waals surface area contributed by atoms with Crippen molar-refractivity contribution in [2.45, 2.75) is 38.7 Å². The Labute approximate surface area is 129 Å². The molecule has 120 valence electrons. The van der Waals surface area contributed by atoms with Gasteiger partial charge in [-0.1, -0.05) is 19.4 Å². The highest BCUT2D eigenvalue weighted by Gasteiger charge is 2.19. The molecule has 22 heavy (non-hydrogen) atoms. The van der Waals surface area contributed by atoms with Gasteiger partial charge in [-0.15, -0.1) is 0 Å². The van der Waals surface area contributed by atoms with Gasteiger partial charge in [0.05, 0.1) is 22.7 Å². The number of hydrogen-bond acceptors (Lipinski definition) is 5. The zero-order valence-corrected chi connectivity index (χ0v) is 12.7. The smallest absolute Gasteiger partial charge is 0.220 e. The number of rotatable bonds is 7. The number of nitrogen functional groups attached to an aromatic ring is 1. The van der Waals surface area contributed by atoms with Gasteiger partial charge in [0.25, 0.3) is 0 Å². The lowest BCUT2D eigenvalue weighted by Gasteiger charge is -2.20. The number of benzene rings is 1. The number of nitrogens with zero attached hydrogens (tertiary/aromatic N) is 2. The highest BCUT2D eigenvalue weighted by Crippen LogP contribution is 2.23. The van der Waals surface area contributed by atoms with E-state index >= 15 is 0 Å². The molecule has 1 aromatic carbocycles. The fraction of sp³-hybridized carbons (Fsp3) is 0.500. The number of halogens is 1. The van der Waals surface area contributed by atoms with E-state index in [4.69, 9.17) is 5.73 Å². The lowest BCUT2D eigenvalue weighted by Crippen LogP contribution is -2.24. The Morgan fingerprint density at radius 1 is 1.27 bits per heavy atom. The average Bonchev–Trinajstić information content (AvgIpc) is 2.47. The maximum Gasteiger partial charge on any atom is 0.220 e. The summed E-state index contributed by atoms with van der Waals surface area (Å²) in [4.78, 5) is 8.17. The molecule has 0 amide bonds. The molecule has 0 spiro atoms. The lowest BCUT2D eigenvalue weighted by atomic mass is 9.93. The Morgan fingerprint density at radius 2 is 2.05 bits per heavy atom. The van der Waals surface area contributed by atoms with Gasteiger partial charge in [0.2, 0.25) is 5.95 Å². The van der Waals surface area contributed by atoms with Crippen molar-refractivity contribution in [1.29, 1.82) is 0 Å². The van der Waals surface area contributed by atoms with Crippen molar-refractivity contribution in [3.8, 4) is 0 Å². The van der Waals surface area contributed by atoms with E-state index in [0.717, 1.165) is 6.42 Å². The summed E-state index contributed by atoms with van der Waals surface area (Å²) in [5.74, 6) is -0.539. The van der Waals surface area contributed by atoms with Crippen LogP contribution in [0.25, 0.3) is 10.9 Å². The van der Waals surface area contributed by atoms with E-state index in [-0.39, 0.29) is 24.3 Å². The minimum absolute atomic E-state index is 0.0998. The summed E-state index contributed by atoms with van der Waals surface area (Å²) in [5, 5.41) is 19.8. The molecule has 1 aromatic heterocycles. The molecular formula is C16H22FN3O2. The third kappa shape index (κ3) is 3.69. The van der Waals surface area contributed by atoms with Gasteiger partial charge in [0.15, 0.2) is 0 Å². The quantitative estimate of drug-likeness (QED) is 0.728. The molecule has 0 aliphatic rings. The maximum absolute atomic E-state index is 14.0. The molecule has 1 heterocycles. The molecule has 0 aliphatic carbocycles. The van der Waals surface area contributed by atoms with Crippen LogP contribution in [0.15, 0.2) is 18.2 Å². The second-order valence-corrected chi connectivity index (χ2v) is 5.50. The van der Waals surface area contributed by atoms with Crippen LogP contribution in [-0.2, 0) is 6.42 Å². The Bertz CT molecular complexity index is 636. The number of aryl methyl sites for hydroxylation is 1. The Hall–Kier alpha value is -1.79. The van der Waals surface area contributed by atoms with Crippen LogP contribution in [0.1, 0.15) is 31.9 Å². The Balaban J connectivity index is 2.24. The van der Waals surface area contributed by atoms with E-state index in [1.54, 1.807) is 12.1 Å². The van der Waals surface area contributed by atoms with E-state index in [9.17, 15) is 14.6 Å². The van der Waals surface area contributed by atoms with Crippen molar-refractivity contribution in [3.63, 3.8) is 0 Å². The summed E-state index contributed by atoms with van der Waals surface area (Å²) >= 11 is 0. The van der Waals surface area contributed by atoms with Gasteiger partial charge in [0, 0.05) is 12.5 Å². The third-order valence-electron chi connectivity index (χ3n) is 3.88. The lowest BCUT2D eigenvalue weighted by molar-refractivity contribution is 0.0558. The Morgan fingerprint density at radius 3 is 2.73 bits per heavy atom. The molecule has 5 nitrogen and oxygen atoms in total. The van der Waals surface area contributed by atoms with Crippen LogP contribution in [0.4, 0.5) is 10.3 Å². The molecule has 2 aromatic rings. The first kappa shape index (κ1) is 16.6. The molecule has 0 aliphatic heterocycles. The number of aliphatic hydroxyl groups is 2. The fourth-order valence-electron chi connectivity index (χ4n) is 2.67. The molecule has 0 bridgehead atoms. The predicted octanol–water partition coefficient (Wildman–Crippen LogP) is 2.05. The molecular weight excluding hydrogens is 285 g/mol. The molecule has 4 N–H and O–H groups in total. The first-order valence-corrected chi connectivity index (χ1v) is 7.56. The third-order valence-corrected chi connectivity index (χ3v) is 3.88. The molecule has 0 unspecified atom stereocenters. The molecule has 0 saturated heterocycles. The van der Waals surface area contributed by atoms with E-state index < -0.39 is 6.10 Å². The summed E-state index contributed by atoms with van der Waals surface area (Å²) < 4.78 is 14.0. The molecule has 2 atom stereocenters. The van der Waals surface area contributed by atoms with Crippen LogP contribution >= 0.6 is 0 Å². The van der Waals surface area contributed by atoms with Crippen LogP contribution in [0.5, 0.6) is 0 Å². The van der Waals surface area contributed by atoms with Gasteiger partial charge >= 0.3 is 0 Å². The summed E-state index contributed by atoms with van der Waals surface area (Å²) in [6.45, 7) is 1.87. The first-order valence-electron chi connectivity index (χ1n) is 7.56. The molecule has 2 rings (SSSR count). The monoisotopic (exact) mass is 307 g/mol. The van der Waals surface area contributed by atoms with E-state index in [2.05, 4.69) is 9.97 Å². The van der Waals surface area contributed by atoms with Crippen molar-refractivity contribution >= 4 is 16.9 Å². The minimum atomic E-state index is -0.565. The van der Waals surface area contributed by atoms with Gasteiger partial charge in [0.1, 0.15) is 5.82 Å². The summed E-state index contributed by atoms with van der Waals surface area (Å²) in [6.07, 6.45) is 1.85. The zero-order valence-electron chi connectivity index (χ0n) is 12.7. The summed E-state index contributed by atoms with van der Waals surface area (Å²) in [6, 6.07) is 4.63.